The van der Waals surface area contributed by atoms with Crippen molar-refractivity contribution in [1.82, 2.24) is 4.90 Å². The Hall–Kier alpha value is -2.12. The number of likely N-dealkylation sites (N-methyl/N-ethyl adjacent to an activating group) is 1. The first-order valence-electron chi connectivity index (χ1n) is 7.65. The van der Waals surface area contributed by atoms with Gasteiger partial charge in [-0.3, -0.25) is 4.90 Å². The lowest BCUT2D eigenvalue weighted by molar-refractivity contribution is -0.132. The van der Waals surface area contributed by atoms with Crippen LogP contribution in [0.4, 0.5) is 5.69 Å². The summed E-state index contributed by atoms with van der Waals surface area (Å²) in [7, 11) is 5.79. The zero-order valence-electron chi connectivity index (χ0n) is 13.8. The van der Waals surface area contributed by atoms with Crippen LogP contribution in [-0.4, -0.2) is 54.7 Å². The Kier molecular flexibility index (Phi) is 4.73. The van der Waals surface area contributed by atoms with E-state index in [0.29, 0.717) is 0 Å². The molecule has 0 saturated carbocycles. The maximum Gasteiger partial charge on any atom is 0.333 e. The third-order valence-electron chi connectivity index (χ3n) is 4.10. The van der Waals surface area contributed by atoms with Gasteiger partial charge < -0.3 is 10.0 Å². The van der Waals surface area contributed by atoms with Gasteiger partial charge in [0.05, 0.1) is 11.3 Å². The molecule has 1 aromatic rings. The molecule has 0 fully saturated rings. The van der Waals surface area contributed by atoms with Crippen molar-refractivity contribution in [3.05, 3.63) is 48.1 Å². The Morgan fingerprint density at radius 3 is 2.67 bits per heavy atom. The Morgan fingerprint density at radius 2 is 2.00 bits per heavy atom. The Labute approximate surface area is 145 Å². The van der Waals surface area contributed by atoms with E-state index in [0.717, 1.165) is 10.6 Å². The van der Waals surface area contributed by atoms with Crippen LogP contribution in [0.3, 0.4) is 0 Å². The minimum atomic E-state index is -0.953. The fraction of sp³-hybridized carbons (Fsp3) is 0.353. The Balaban J connectivity index is 1.76. The summed E-state index contributed by atoms with van der Waals surface area (Å²) < 4.78 is 0. The molecule has 1 aliphatic heterocycles. The number of hydrogen-bond acceptors (Lipinski definition) is 6. The highest BCUT2D eigenvalue weighted by molar-refractivity contribution is 8.00. The van der Waals surface area contributed by atoms with Crippen LogP contribution < -0.4 is 4.90 Å². The fourth-order valence-electron chi connectivity index (χ4n) is 2.67. The number of carbonyl (C=O) groups is 1. The number of carboxylic acids is 1. The summed E-state index contributed by atoms with van der Waals surface area (Å²) in [4.78, 5) is 16.7. The largest absolute Gasteiger partial charge is 0.478 e. The number of hydrogen-bond donors (Lipinski definition) is 1. The summed E-state index contributed by atoms with van der Waals surface area (Å²) >= 11 is 1.61. The summed E-state index contributed by atoms with van der Waals surface area (Å²) in [6.07, 6.45) is 5.49. The van der Waals surface area contributed by atoms with Gasteiger partial charge in [-0.05, 0) is 26.2 Å². The van der Waals surface area contributed by atoms with E-state index in [1.54, 1.807) is 17.8 Å². The third-order valence-corrected chi connectivity index (χ3v) is 5.32. The number of thioether (sulfide) groups is 1. The molecular weight excluding hydrogens is 324 g/mol. The van der Waals surface area contributed by atoms with Crippen LogP contribution in [0.5, 0.6) is 0 Å². The van der Waals surface area contributed by atoms with E-state index in [1.165, 1.54) is 0 Å². The van der Waals surface area contributed by atoms with Gasteiger partial charge in [0.15, 0.2) is 5.50 Å². The van der Waals surface area contributed by atoms with Gasteiger partial charge >= 0.3 is 5.97 Å². The summed E-state index contributed by atoms with van der Waals surface area (Å²) in [5.41, 5.74) is 1.22. The summed E-state index contributed by atoms with van der Waals surface area (Å²) in [6, 6.07) is 7.51. The number of carboxylic acid groups (broad SMARTS) is 1. The first-order valence-corrected chi connectivity index (χ1v) is 8.53. The molecular formula is C17H20N4O2S. The van der Waals surface area contributed by atoms with Crippen LogP contribution in [0.15, 0.2) is 63.2 Å². The van der Waals surface area contributed by atoms with Crippen molar-refractivity contribution in [3.63, 3.8) is 0 Å². The zero-order chi connectivity index (χ0) is 17.3. The number of nitrogens with zero attached hydrogens (tertiary/aromatic N) is 4. The van der Waals surface area contributed by atoms with Crippen LogP contribution in [0, 0.1) is 0 Å². The number of benzene rings is 1. The maximum atomic E-state index is 11.5. The topological polar surface area (TPSA) is 68.5 Å². The van der Waals surface area contributed by atoms with Crippen molar-refractivity contribution in [2.24, 2.45) is 10.2 Å². The summed E-state index contributed by atoms with van der Waals surface area (Å²) in [6.45, 7) is 0. The molecule has 2 aliphatic rings. The van der Waals surface area contributed by atoms with Crippen LogP contribution in [-0.2, 0) is 4.79 Å². The van der Waals surface area contributed by atoms with Gasteiger partial charge in [-0.15, -0.1) is 0 Å². The van der Waals surface area contributed by atoms with E-state index in [2.05, 4.69) is 16.3 Å². The lowest BCUT2D eigenvalue weighted by Gasteiger charge is -2.24. The quantitative estimate of drug-likeness (QED) is 0.672. The molecule has 0 bridgehead atoms. The molecule has 3 unspecified atom stereocenters. The molecule has 0 spiro atoms. The second-order valence-corrected chi connectivity index (χ2v) is 7.06. The summed E-state index contributed by atoms with van der Waals surface area (Å²) in [5, 5.41) is 18.1. The van der Waals surface area contributed by atoms with Gasteiger partial charge in [-0.25, -0.2) is 4.79 Å². The van der Waals surface area contributed by atoms with Gasteiger partial charge in [0.25, 0.3) is 0 Å². The number of fused-ring (bicyclic) bond motifs is 1. The lowest BCUT2D eigenvalue weighted by Crippen LogP contribution is -2.30. The molecule has 1 aromatic carbocycles. The third kappa shape index (κ3) is 3.22. The molecule has 1 heterocycles. The molecule has 1 aliphatic carbocycles. The van der Waals surface area contributed by atoms with Crippen LogP contribution in [0.2, 0.25) is 0 Å². The second kappa shape index (κ2) is 6.78. The average Bonchev–Trinajstić information content (AvgIpc) is 2.89. The van der Waals surface area contributed by atoms with Crippen LogP contribution >= 0.6 is 11.8 Å². The molecule has 126 valence electrons. The predicted octanol–water partition coefficient (Wildman–Crippen LogP) is 2.84. The van der Waals surface area contributed by atoms with Gasteiger partial charge in [0.2, 0.25) is 0 Å². The minimum Gasteiger partial charge on any atom is -0.478 e. The van der Waals surface area contributed by atoms with Crippen molar-refractivity contribution < 1.29 is 9.90 Å². The zero-order valence-corrected chi connectivity index (χ0v) is 14.6. The van der Waals surface area contributed by atoms with E-state index < -0.39 is 12.0 Å². The van der Waals surface area contributed by atoms with Crippen LogP contribution in [0.1, 0.15) is 0 Å². The van der Waals surface area contributed by atoms with Gasteiger partial charge in [0.1, 0.15) is 6.04 Å². The molecule has 6 nitrogen and oxygen atoms in total. The number of para-hydroxylation sites is 1. The smallest absolute Gasteiger partial charge is 0.333 e. The highest BCUT2D eigenvalue weighted by Gasteiger charge is 2.28. The summed E-state index contributed by atoms with van der Waals surface area (Å²) in [5.74, 6) is -0.953. The molecule has 24 heavy (non-hydrogen) atoms. The van der Waals surface area contributed by atoms with Gasteiger partial charge in [-0.2, -0.15) is 10.2 Å². The molecule has 0 amide bonds. The van der Waals surface area contributed by atoms with Crippen molar-refractivity contribution in [2.75, 3.05) is 26.0 Å². The Bertz CT molecular complexity index is 729. The average molecular weight is 344 g/mol. The standard InChI is InChI=1S/C17H20N4O2S/c1-20(2)11-8-9-13(12(10-11)16(22)23)18-19-17-21(3)14-6-4-5-7-15(14)24-17/h4-11,13,17H,1-3H3,(H,22,23). The Morgan fingerprint density at radius 1 is 1.25 bits per heavy atom. The number of aliphatic carboxylic acids is 1. The number of rotatable bonds is 4. The number of anilines is 1. The van der Waals surface area contributed by atoms with E-state index in [-0.39, 0.29) is 17.1 Å². The molecule has 3 rings (SSSR count). The molecule has 0 aromatic heterocycles. The maximum absolute atomic E-state index is 11.5. The predicted molar refractivity (Wildman–Crippen MR) is 95.5 cm³/mol. The fourth-order valence-corrected chi connectivity index (χ4v) is 3.76. The van der Waals surface area contributed by atoms with Crippen molar-refractivity contribution in [3.8, 4) is 0 Å². The van der Waals surface area contributed by atoms with E-state index in [4.69, 9.17) is 0 Å². The highest BCUT2D eigenvalue weighted by Crippen LogP contribution is 2.42. The highest BCUT2D eigenvalue weighted by atomic mass is 32.2. The van der Waals surface area contributed by atoms with Gasteiger partial charge in [0, 0.05) is 18.0 Å². The molecule has 7 heteroatoms. The minimum absolute atomic E-state index is 0.0321. The first kappa shape index (κ1) is 16.7. The molecule has 3 atom stereocenters. The van der Waals surface area contributed by atoms with Crippen molar-refractivity contribution >= 4 is 23.4 Å². The molecule has 0 saturated heterocycles. The van der Waals surface area contributed by atoms with Crippen molar-refractivity contribution in [2.45, 2.75) is 22.5 Å². The first-order chi connectivity index (χ1) is 11.5. The second-order valence-electron chi connectivity index (χ2n) is 5.96. The van der Waals surface area contributed by atoms with E-state index in [9.17, 15) is 9.90 Å². The van der Waals surface area contributed by atoms with Crippen LogP contribution in [0.25, 0.3) is 0 Å². The normalized spacial score (nSPS) is 26.1. The lowest BCUT2D eigenvalue weighted by atomic mass is 9.98. The van der Waals surface area contributed by atoms with E-state index >= 15 is 0 Å². The molecule has 1 N–H and O–H groups in total. The van der Waals surface area contributed by atoms with E-state index in [1.807, 2.05) is 61.3 Å². The molecule has 0 radical (unpaired) electrons. The SMILES string of the molecule is CN(C)C1C=CC(N=NC2Sc3ccccc3N2C)C(C(=O)O)=C1. The van der Waals surface area contributed by atoms with Gasteiger partial charge in [-0.1, -0.05) is 42.1 Å². The van der Waals surface area contributed by atoms with Crippen molar-refractivity contribution in [1.29, 1.82) is 0 Å². The number of azo groups is 1. The monoisotopic (exact) mass is 344 g/mol.